The molecule has 1 saturated heterocycles. The molecule has 2 N–H and O–H groups in total. The Morgan fingerprint density at radius 1 is 1.33 bits per heavy atom. The summed E-state index contributed by atoms with van der Waals surface area (Å²) in [5.74, 6) is 1.03. The molecule has 2 aromatic rings. The predicted molar refractivity (Wildman–Crippen MR) is 59.5 cm³/mol. The van der Waals surface area contributed by atoms with E-state index in [2.05, 4.69) is 17.0 Å². The molecule has 0 bridgehead atoms. The van der Waals surface area contributed by atoms with Gasteiger partial charge in [0.2, 0.25) is 0 Å². The third-order valence-electron chi connectivity index (χ3n) is 2.84. The molecule has 0 amide bonds. The highest BCUT2D eigenvalue weighted by atomic mass is 16.3. The van der Waals surface area contributed by atoms with Crippen LogP contribution in [-0.2, 0) is 6.54 Å². The van der Waals surface area contributed by atoms with Crippen molar-refractivity contribution in [3.63, 3.8) is 0 Å². The first-order valence-corrected chi connectivity index (χ1v) is 5.27. The predicted octanol–water partition coefficient (Wildman–Crippen LogP) is 1.58. The number of hydrogen-bond acceptors (Lipinski definition) is 3. The van der Waals surface area contributed by atoms with Gasteiger partial charge in [-0.15, -0.1) is 0 Å². The fourth-order valence-electron chi connectivity index (χ4n) is 2.07. The fourth-order valence-corrected chi connectivity index (χ4v) is 2.07. The number of nitrogens with two attached hydrogens (primary N) is 1. The summed E-state index contributed by atoms with van der Waals surface area (Å²) in [6.07, 6.45) is 0. The van der Waals surface area contributed by atoms with Crippen LogP contribution in [-0.4, -0.2) is 24.0 Å². The van der Waals surface area contributed by atoms with E-state index in [0.29, 0.717) is 6.04 Å². The van der Waals surface area contributed by atoms with Gasteiger partial charge in [0.25, 0.3) is 0 Å². The monoisotopic (exact) mass is 202 g/mol. The van der Waals surface area contributed by atoms with Crippen molar-refractivity contribution in [2.24, 2.45) is 5.73 Å². The summed E-state index contributed by atoms with van der Waals surface area (Å²) in [6.45, 7) is 2.84. The highest BCUT2D eigenvalue weighted by Gasteiger charge is 2.23. The molecule has 2 heterocycles. The van der Waals surface area contributed by atoms with Gasteiger partial charge in [-0.2, -0.15) is 0 Å². The van der Waals surface area contributed by atoms with Gasteiger partial charge in [-0.05, 0) is 12.1 Å². The maximum absolute atomic E-state index is 5.73. The van der Waals surface area contributed by atoms with E-state index < -0.39 is 0 Å². The zero-order chi connectivity index (χ0) is 10.3. The lowest BCUT2D eigenvalue weighted by atomic mass is 10.1. The summed E-state index contributed by atoms with van der Waals surface area (Å²) in [4.78, 5) is 2.29. The molecular formula is C12H14N2O. The quantitative estimate of drug-likeness (QED) is 0.804. The minimum Gasteiger partial charge on any atom is -0.460 e. The molecule has 1 aromatic carbocycles. The van der Waals surface area contributed by atoms with Crippen LogP contribution in [0, 0.1) is 0 Å². The Kier molecular flexibility index (Phi) is 2.01. The Hall–Kier alpha value is -1.32. The first-order chi connectivity index (χ1) is 7.31. The van der Waals surface area contributed by atoms with Crippen molar-refractivity contribution in [2.75, 3.05) is 13.1 Å². The van der Waals surface area contributed by atoms with Crippen LogP contribution in [0.25, 0.3) is 11.0 Å². The van der Waals surface area contributed by atoms with Crippen molar-refractivity contribution >= 4 is 11.0 Å². The first kappa shape index (κ1) is 8.95. The van der Waals surface area contributed by atoms with Gasteiger partial charge in [0.1, 0.15) is 11.3 Å². The molecule has 15 heavy (non-hydrogen) atoms. The zero-order valence-corrected chi connectivity index (χ0v) is 8.52. The lowest BCUT2D eigenvalue weighted by Gasteiger charge is -2.35. The Balaban J connectivity index is 1.80. The van der Waals surface area contributed by atoms with Crippen molar-refractivity contribution < 1.29 is 4.42 Å². The summed E-state index contributed by atoms with van der Waals surface area (Å²) in [5, 5.41) is 1.18. The summed E-state index contributed by atoms with van der Waals surface area (Å²) < 4.78 is 5.73. The average molecular weight is 202 g/mol. The Morgan fingerprint density at radius 2 is 2.13 bits per heavy atom. The van der Waals surface area contributed by atoms with E-state index in [1.807, 2.05) is 18.2 Å². The fraction of sp³-hybridized carbons (Fsp3) is 0.333. The third-order valence-corrected chi connectivity index (χ3v) is 2.84. The second kappa shape index (κ2) is 3.36. The van der Waals surface area contributed by atoms with Crippen molar-refractivity contribution in [2.45, 2.75) is 12.6 Å². The van der Waals surface area contributed by atoms with E-state index in [1.54, 1.807) is 0 Å². The topological polar surface area (TPSA) is 42.4 Å². The SMILES string of the molecule is NC1CN(Cc2cc3ccccc3o2)C1. The lowest BCUT2D eigenvalue weighted by molar-refractivity contribution is 0.133. The smallest absolute Gasteiger partial charge is 0.134 e. The highest BCUT2D eigenvalue weighted by molar-refractivity contribution is 5.77. The highest BCUT2D eigenvalue weighted by Crippen LogP contribution is 2.21. The summed E-state index contributed by atoms with van der Waals surface area (Å²) in [7, 11) is 0. The van der Waals surface area contributed by atoms with E-state index in [9.17, 15) is 0 Å². The number of likely N-dealkylation sites (tertiary alicyclic amines) is 1. The maximum atomic E-state index is 5.73. The Labute approximate surface area is 88.5 Å². The van der Waals surface area contributed by atoms with Gasteiger partial charge < -0.3 is 10.2 Å². The lowest BCUT2D eigenvalue weighted by Crippen LogP contribution is -2.54. The van der Waals surface area contributed by atoms with E-state index in [1.165, 1.54) is 5.39 Å². The minimum absolute atomic E-state index is 0.356. The molecule has 1 aliphatic heterocycles. The van der Waals surface area contributed by atoms with Gasteiger partial charge in [-0.1, -0.05) is 18.2 Å². The van der Waals surface area contributed by atoms with Crippen LogP contribution in [0.3, 0.4) is 0 Å². The zero-order valence-electron chi connectivity index (χ0n) is 8.52. The molecule has 0 aliphatic carbocycles. The number of nitrogens with zero attached hydrogens (tertiary/aromatic N) is 1. The largest absolute Gasteiger partial charge is 0.460 e. The van der Waals surface area contributed by atoms with Gasteiger partial charge >= 0.3 is 0 Å². The number of hydrogen-bond donors (Lipinski definition) is 1. The number of fused-ring (bicyclic) bond motifs is 1. The molecule has 3 rings (SSSR count). The summed E-state index contributed by atoms with van der Waals surface area (Å²) in [5.41, 5.74) is 6.70. The second-order valence-corrected chi connectivity index (χ2v) is 4.20. The van der Waals surface area contributed by atoms with Crippen LogP contribution in [0.15, 0.2) is 34.7 Å². The Bertz CT molecular complexity index is 438. The normalized spacial score (nSPS) is 18.2. The van der Waals surface area contributed by atoms with E-state index in [0.717, 1.165) is 31.0 Å². The number of furan rings is 1. The van der Waals surface area contributed by atoms with Crippen molar-refractivity contribution in [3.8, 4) is 0 Å². The number of para-hydroxylation sites is 1. The van der Waals surface area contributed by atoms with Crippen molar-refractivity contribution in [3.05, 3.63) is 36.1 Å². The van der Waals surface area contributed by atoms with Gasteiger partial charge in [0.15, 0.2) is 0 Å². The van der Waals surface area contributed by atoms with Crippen LogP contribution in [0.2, 0.25) is 0 Å². The van der Waals surface area contributed by atoms with Crippen molar-refractivity contribution in [1.29, 1.82) is 0 Å². The molecular weight excluding hydrogens is 188 g/mol. The van der Waals surface area contributed by atoms with Gasteiger partial charge in [-0.3, -0.25) is 4.90 Å². The Morgan fingerprint density at radius 3 is 2.87 bits per heavy atom. The second-order valence-electron chi connectivity index (χ2n) is 4.20. The summed E-state index contributed by atoms with van der Waals surface area (Å²) in [6, 6.07) is 10.6. The number of rotatable bonds is 2. The van der Waals surface area contributed by atoms with Crippen LogP contribution >= 0.6 is 0 Å². The van der Waals surface area contributed by atoms with E-state index in [-0.39, 0.29) is 0 Å². The van der Waals surface area contributed by atoms with E-state index in [4.69, 9.17) is 10.2 Å². The van der Waals surface area contributed by atoms with Crippen LogP contribution in [0.4, 0.5) is 0 Å². The molecule has 0 atom stereocenters. The van der Waals surface area contributed by atoms with Gasteiger partial charge in [-0.25, -0.2) is 0 Å². The van der Waals surface area contributed by atoms with E-state index >= 15 is 0 Å². The first-order valence-electron chi connectivity index (χ1n) is 5.27. The van der Waals surface area contributed by atoms with Gasteiger partial charge in [0.05, 0.1) is 6.54 Å². The average Bonchev–Trinajstić information content (AvgIpc) is 2.57. The third kappa shape index (κ3) is 1.64. The molecule has 0 unspecified atom stereocenters. The minimum atomic E-state index is 0.356. The van der Waals surface area contributed by atoms with Crippen LogP contribution < -0.4 is 5.73 Å². The van der Waals surface area contributed by atoms with Crippen LogP contribution in [0.5, 0.6) is 0 Å². The molecule has 3 heteroatoms. The maximum Gasteiger partial charge on any atom is 0.134 e. The number of benzene rings is 1. The summed E-state index contributed by atoms with van der Waals surface area (Å²) >= 11 is 0. The van der Waals surface area contributed by atoms with Gasteiger partial charge in [0, 0.05) is 24.5 Å². The molecule has 3 nitrogen and oxygen atoms in total. The molecule has 1 aromatic heterocycles. The van der Waals surface area contributed by atoms with Crippen LogP contribution in [0.1, 0.15) is 5.76 Å². The molecule has 0 spiro atoms. The molecule has 78 valence electrons. The molecule has 0 saturated carbocycles. The molecule has 1 aliphatic rings. The molecule has 0 radical (unpaired) electrons. The van der Waals surface area contributed by atoms with Crippen molar-refractivity contribution in [1.82, 2.24) is 4.90 Å². The standard InChI is InChI=1S/C12H14N2O/c13-10-6-14(7-10)8-11-5-9-3-1-2-4-12(9)15-11/h1-5,10H,6-8,13H2. The molecule has 1 fully saturated rings.